The molecule has 3 aromatic rings. The first-order valence-electron chi connectivity index (χ1n) is 12.7. The standard InChI is InChI=1S/C26H38N6O.ClH/c1-2-3-4-5-6-7-8-9-12-17-31-19-21(20-14-10-11-15-22(20)31)24-29-25(33-30-24)23-16-13-18-32(23)26(27)28;/h10-11,14-15,19,23H,2-9,12-13,16-18H2,1H3,(H3,27,28);1H/t23-;/m0./s1. The average Bonchev–Trinajstić information content (AvgIpc) is 3.56. The number of unbranched alkanes of at least 4 members (excludes halogenated alkanes) is 8. The fourth-order valence-corrected chi connectivity index (χ4v) is 4.99. The molecule has 0 saturated carbocycles. The molecule has 0 bridgehead atoms. The van der Waals surface area contributed by atoms with Crippen molar-refractivity contribution in [3.05, 3.63) is 36.4 Å². The van der Waals surface area contributed by atoms with Crippen LogP contribution in [0.25, 0.3) is 22.3 Å². The van der Waals surface area contributed by atoms with E-state index in [1.54, 1.807) is 0 Å². The van der Waals surface area contributed by atoms with Crippen molar-refractivity contribution in [2.45, 2.75) is 90.1 Å². The van der Waals surface area contributed by atoms with Crippen LogP contribution in [0, 0.1) is 5.41 Å². The van der Waals surface area contributed by atoms with Gasteiger partial charge in [0.15, 0.2) is 5.96 Å². The highest BCUT2D eigenvalue weighted by Crippen LogP contribution is 2.34. The van der Waals surface area contributed by atoms with Gasteiger partial charge in [0.2, 0.25) is 11.7 Å². The number of para-hydroxylation sites is 1. The van der Waals surface area contributed by atoms with Crippen molar-refractivity contribution in [3.8, 4) is 11.4 Å². The van der Waals surface area contributed by atoms with Gasteiger partial charge in [-0.3, -0.25) is 5.41 Å². The number of hydrogen-bond donors (Lipinski definition) is 2. The van der Waals surface area contributed by atoms with Crippen molar-refractivity contribution < 1.29 is 4.52 Å². The molecule has 34 heavy (non-hydrogen) atoms. The molecule has 1 aromatic carbocycles. The SMILES string of the molecule is CCCCCCCCCCCn1cc(-c2noc([C@@H]3CCCN3C(=N)N)n2)c2ccccc21.Cl. The summed E-state index contributed by atoms with van der Waals surface area (Å²) in [5.74, 6) is 1.23. The fraction of sp³-hybridized carbons (Fsp3) is 0.577. The monoisotopic (exact) mass is 486 g/mol. The predicted molar refractivity (Wildman–Crippen MR) is 140 cm³/mol. The normalized spacial score (nSPS) is 15.7. The number of aryl methyl sites for hydroxylation is 1. The van der Waals surface area contributed by atoms with Crippen molar-refractivity contribution in [1.29, 1.82) is 5.41 Å². The third-order valence-corrected chi connectivity index (χ3v) is 6.82. The molecule has 1 fully saturated rings. The Morgan fingerprint density at radius 3 is 2.53 bits per heavy atom. The largest absolute Gasteiger partial charge is 0.370 e. The molecule has 0 aliphatic carbocycles. The summed E-state index contributed by atoms with van der Waals surface area (Å²) in [7, 11) is 0. The summed E-state index contributed by atoms with van der Waals surface area (Å²) < 4.78 is 7.97. The van der Waals surface area contributed by atoms with Gasteiger partial charge in [0.05, 0.1) is 0 Å². The van der Waals surface area contributed by atoms with Crippen LogP contribution >= 0.6 is 12.4 Å². The van der Waals surface area contributed by atoms with Gasteiger partial charge in [0.1, 0.15) is 6.04 Å². The molecule has 0 radical (unpaired) electrons. The summed E-state index contributed by atoms with van der Waals surface area (Å²) >= 11 is 0. The third kappa shape index (κ3) is 6.12. The fourth-order valence-electron chi connectivity index (χ4n) is 4.99. The van der Waals surface area contributed by atoms with Crippen LogP contribution in [-0.2, 0) is 6.54 Å². The molecule has 7 nitrogen and oxygen atoms in total. The zero-order chi connectivity index (χ0) is 23.0. The summed E-state index contributed by atoms with van der Waals surface area (Å²) in [6.45, 7) is 4.03. The van der Waals surface area contributed by atoms with E-state index in [9.17, 15) is 0 Å². The summed E-state index contributed by atoms with van der Waals surface area (Å²) in [4.78, 5) is 6.56. The van der Waals surface area contributed by atoms with E-state index in [4.69, 9.17) is 20.7 Å². The highest BCUT2D eigenvalue weighted by Gasteiger charge is 2.32. The van der Waals surface area contributed by atoms with Crippen molar-refractivity contribution in [1.82, 2.24) is 19.6 Å². The number of aromatic nitrogens is 3. The van der Waals surface area contributed by atoms with Crippen LogP contribution in [0.2, 0.25) is 0 Å². The molecule has 1 atom stereocenters. The molecule has 1 aliphatic rings. The minimum atomic E-state index is -0.0981. The van der Waals surface area contributed by atoms with Gasteiger partial charge in [-0.25, -0.2) is 0 Å². The summed E-state index contributed by atoms with van der Waals surface area (Å²) in [5.41, 5.74) is 7.96. The number of halogens is 1. The Balaban J connectivity index is 0.00000324. The Morgan fingerprint density at radius 1 is 1.09 bits per heavy atom. The lowest BCUT2D eigenvalue weighted by Gasteiger charge is -2.21. The van der Waals surface area contributed by atoms with Crippen molar-refractivity contribution in [2.75, 3.05) is 6.54 Å². The maximum atomic E-state index is 7.81. The molecule has 0 spiro atoms. The lowest BCUT2D eigenvalue weighted by Crippen LogP contribution is -2.35. The van der Waals surface area contributed by atoms with Crippen LogP contribution in [0.4, 0.5) is 0 Å². The Bertz CT molecular complexity index is 1050. The first-order valence-corrected chi connectivity index (χ1v) is 12.7. The van der Waals surface area contributed by atoms with E-state index in [1.165, 1.54) is 63.3 Å². The molecule has 186 valence electrons. The van der Waals surface area contributed by atoms with E-state index >= 15 is 0 Å². The number of nitrogens with one attached hydrogen (secondary N) is 1. The lowest BCUT2D eigenvalue weighted by atomic mass is 10.1. The second-order valence-corrected chi connectivity index (χ2v) is 9.27. The molecule has 4 rings (SSSR count). The number of guanidine groups is 1. The van der Waals surface area contributed by atoms with E-state index in [1.807, 2.05) is 4.90 Å². The second-order valence-electron chi connectivity index (χ2n) is 9.27. The number of nitrogens with zero attached hydrogens (tertiary/aromatic N) is 4. The van der Waals surface area contributed by atoms with Crippen molar-refractivity contribution in [3.63, 3.8) is 0 Å². The van der Waals surface area contributed by atoms with E-state index in [0.29, 0.717) is 11.7 Å². The molecule has 0 amide bonds. The number of benzene rings is 1. The average molecular weight is 487 g/mol. The van der Waals surface area contributed by atoms with E-state index in [0.717, 1.165) is 36.9 Å². The van der Waals surface area contributed by atoms with Gasteiger partial charge in [-0.05, 0) is 25.3 Å². The number of likely N-dealkylation sites (tertiary alicyclic amines) is 1. The number of nitrogens with two attached hydrogens (primary N) is 1. The molecule has 3 heterocycles. The topological polar surface area (TPSA) is 97.0 Å². The third-order valence-electron chi connectivity index (χ3n) is 6.82. The van der Waals surface area contributed by atoms with Gasteiger partial charge < -0.3 is 19.7 Å². The maximum Gasteiger partial charge on any atom is 0.249 e. The van der Waals surface area contributed by atoms with Gasteiger partial charge in [-0.15, -0.1) is 12.4 Å². The first-order chi connectivity index (χ1) is 16.2. The molecule has 8 heteroatoms. The minimum absolute atomic E-state index is 0. The zero-order valence-electron chi connectivity index (χ0n) is 20.3. The van der Waals surface area contributed by atoms with E-state index in [-0.39, 0.29) is 24.4 Å². The van der Waals surface area contributed by atoms with E-state index in [2.05, 4.69) is 47.1 Å². The Labute approximate surface area is 209 Å². The predicted octanol–water partition coefficient (Wildman–Crippen LogP) is 6.67. The molecule has 2 aromatic heterocycles. The van der Waals surface area contributed by atoms with E-state index < -0.39 is 0 Å². The molecule has 1 aliphatic heterocycles. The van der Waals surface area contributed by atoms with Gasteiger partial charge in [0.25, 0.3) is 0 Å². The molecular formula is C26H39ClN6O. The van der Waals surface area contributed by atoms with Crippen LogP contribution < -0.4 is 5.73 Å². The van der Waals surface area contributed by atoms with Crippen LogP contribution in [-0.4, -0.2) is 32.1 Å². The number of hydrogen-bond acceptors (Lipinski definition) is 4. The van der Waals surface area contributed by atoms with Crippen molar-refractivity contribution >= 4 is 29.3 Å². The van der Waals surface area contributed by atoms with Crippen molar-refractivity contribution in [2.24, 2.45) is 5.73 Å². The van der Waals surface area contributed by atoms with Gasteiger partial charge >= 0.3 is 0 Å². The minimum Gasteiger partial charge on any atom is -0.370 e. The van der Waals surface area contributed by atoms with Gasteiger partial charge in [-0.1, -0.05) is 81.6 Å². The Morgan fingerprint density at radius 2 is 1.79 bits per heavy atom. The van der Waals surface area contributed by atoms with Crippen LogP contribution in [0.3, 0.4) is 0 Å². The smallest absolute Gasteiger partial charge is 0.249 e. The highest BCUT2D eigenvalue weighted by molar-refractivity contribution is 5.94. The number of fused-ring (bicyclic) bond motifs is 1. The van der Waals surface area contributed by atoms with Gasteiger partial charge in [-0.2, -0.15) is 4.98 Å². The lowest BCUT2D eigenvalue weighted by molar-refractivity contribution is 0.283. The summed E-state index contributed by atoms with van der Waals surface area (Å²) in [5, 5.41) is 13.3. The molecular weight excluding hydrogens is 448 g/mol. The maximum absolute atomic E-state index is 7.81. The summed E-state index contributed by atoms with van der Waals surface area (Å²) in [6, 6.07) is 8.35. The second kappa shape index (κ2) is 12.8. The highest BCUT2D eigenvalue weighted by atomic mass is 35.5. The van der Waals surface area contributed by atoms with Crippen LogP contribution in [0.15, 0.2) is 35.0 Å². The number of rotatable bonds is 12. The van der Waals surface area contributed by atoms with Crippen LogP contribution in [0.5, 0.6) is 0 Å². The van der Waals surface area contributed by atoms with Crippen LogP contribution in [0.1, 0.15) is 89.5 Å². The molecule has 3 N–H and O–H groups in total. The first kappa shape index (κ1) is 26.1. The quantitative estimate of drug-likeness (QED) is 0.169. The summed E-state index contributed by atoms with van der Waals surface area (Å²) in [6.07, 6.45) is 16.0. The zero-order valence-corrected chi connectivity index (χ0v) is 21.2. The Hall–Kier alpha value is -2.54. The Kier molecular flexibility index (Phi) is 9.81. The van der Waals surface area contributed by atoms with Gasteiger partial charge in [0, 0.05) is 35.8 Å². The molecule has 1 saturated heterocycles. The molecule has 0 unspecified atom stereocenters.